The van der Waals surface area contributed by atoms with Crippen molar-refractivity contribution >= 4 is 6.03 Å². The summed E-state index contributed by atoms with van der Waals surface area (Å²) in [5, 5.41) is 11.1. The van der Waals surface area contributed by atoms with Gasteiger partial charge in [0.05, 0.1) is 6.54 Å². The molecule has 0 bridgehead atoms. The summed E-state index contributed by atoms with van der Waals surface area (Å²) in [6.07, 6.45) is 0. The SMILES string of the molecule is CCNC(=O)N1CCN(Cc2nnc(-c3cccc(C)c3)o2)CC1. The second kappa shape index (κ2) is 7.44. The first kappa shape index (κ1) is 16.4. The van der Waals surface area contributed by atoms with Gasteiger partial charge in [0.1, 0.15) is 0 Å². The fraction of sp³-hybridized carbons (Fsp3) is 0.471. The maximum Gasteiger partial charge on any atom is 0.317 e. The van der Waals surface area contributed by atoms with Gasteiger partial charge in [-0.1, -0.05) is 17.7 Å². The van der Waals surface area contributed by atoms with Gasteiger partial charge in [-0.25, -0.2) is 4.79 Å². The third-order valence-corrected chi connectivity index (χ3v) is 4.08. The Labute approximate surface area is 141 Å². The molecule has 0 saturated carbocycles. The molecule has 1 saturated heterocycles. The number of hydrogen-bond donors (Lipinski definition) is 1. The van der Waals surface area contributed by atoms with Crippen LogP contribution >= 0.6 is 0 Å². The van der Waals surface area contributed by atoms with Crippen molar-refractivity contribution in [1.29, 1.82) is 0 Å². The van der Waals surface area contributed by atoms with Crippen molar-refractivity contribution in [1.82, 2.24) is 25.3 Å². The van der Waals surface area contributed by atoms with Crippen LogP contribution in [0.1, 0.15) is 18.4 Å². The van der Waals surface area contributed by atoms with Crippen molar-refractivity contribution in [3.63, 3.8) is 0 Å². The van der Waals surface area contributed by atoms with E-state index in [1.165, 1.54) is 0 Å². The van der Waals surface area contributed by atoms with Crippen LogP contribution in [0.5, 0.6) is 0 Å². The minimum Gasteiger partial charge on any atom is -0.419 e. The predicted octanol–water partition coefficient (Wildman–Crippen LogP) is 1.89. The number of urea groups is 1. The maximum absolute atomic E-state index is 11.8. The third-order valence-electron chi connectivity index (χ3n) is 4.08. The number of aryl methyl sites for hydroxylation is 1. The van der Waals surface area contributed by atoms with E-state index in [9.17, 15) is 4.79 Å². The van der Waals surface area contributed by atoms with E-state index >= 15 is 0 Å². The molecule has 24 heavy (non-hydrogen) atoms. The Bertz CT molecular complexity index is 692. The molecule has 1 aliphatic rings. The van der Waals surface area contributed by atoms with Crippen LogP contribution in [0.3, 0.4) is 0 Å². The molecule has 0 atom stereocenters. The fourth-order valence-electron chi connectivity index (χ4n) is 2.78. The Balaban J connectivity index is 1.56. The van der Waals surface area contributed by atoms with Gasteiger partial charge < -0.3 is 14.6 Å². The van der Waals surface area contributed by atoms with Crippen LogP contribution in [0, 0.1) is 6.92 Å². The van der Waals surface area contributed by atoms with Gasteiger partial charge >= 0.3 is 6.03 Å². The smallest absolute Gasteiger partial charge is 0.317 e. The molecule has 0 radical (unpaired) electrons. The van der Waals surface area contributed by atoms with Crippen LogP contribution in [0.15, 0.2) is 28.7 Å². The van der Waals surface area contributed by atoms with Crippen LogP contribution in [0.4, 0.5) is 4.79 Å². The first-order valence-electron chi connectivity index (χ1n) is 8.30. The van der Waals surface area contributed by atoms with Gasteiger partial charge in [-0.3, -0.25) is 4.90 Å². The highest BCUT2D eigenvalue weighted by Crippen LogP contribution is 2.19. The summed E-state index contributed by atoms with van der Waals surface area (Å²) in [6.45, 7) is 8.27. The summed E-state index contributed by atoms with van der Waals surface area (Å²) in [6, 6.07) is 8.03. The number of aromatic nitrogens is 2. The average molecular weight is 329 g/mol. The number of nitrogens with one attached hydrogen (secondary N) is 1. The van der Waals surface area contributed by atoms with Crippen LogP contribution < -0.4 is 5.32 Å². The molecule has 1 fully saturated rings. The van der Waals surface area contributed by atoms with Gasteiger partial charge in [0.25, 0.3) is 0 Å². The Kier molecular flexibility index (Phi) is 5.10. The lowest BCUT2D eigenvalue weighted by atomic mass is 10.1. The Morgan fingerprint density at radius 2 is 2.04 bits per heavy atom. The molecule has 128 valence electrons. The van der Waals surface area contributed by atoms with Gasteiger partial charge in [0, 0.05) is 38.3 Å². The van der Waals surface area contributed by atoms with Crippen molar-refractivity contribution in [3.8, 4) is 11.5 Å². The molecular weight excluding hydrogens is 306 g/mol. The third kappa shape index (κ3) is 3.91. The predicted molar refractivity (Wildman–Crippen MR) is 90.4 cm³/mol. The lowest BCUT2D eigenvalue weighted by Gasteiger charge is -2.33. The first-order valence-corrected chi connectivity index (χ1v) is 8.30. The summed E-state index contributed by atoms with van der Waals surface area (Å²) in [4.78, 5) is 15.9. The highest BCUT2D eigenvalue weighted by atomic mass is 16.4. The summed E-state index contributed by atoms with van der Waals surface area (Å²) in [7, 11) is 0. The number of carbonyl (C=O) groups is 1. The van der Waals surface area contributed by atoms with Crippen LogP contribution in [0.2, 0.25) is 0 Å². The summed E-state index contributed by atoms with van der Waals surface area (Å²) in [5.74, 6) is 1.16. The molecule has 2 heterocycles. The average Bonchev–Trinajstić information content (AvgIpc) is 3.04. The van der Waals surface area contributed by atoms with Gasteiger partial charge in [0.15, 0.2) is 0 Å². The van der Waals surface area contributed by atoms with Crippen LogP contribution in [0.25, 0.3) is 11.5 Å². The molecule has 3 rings (SSSR count). The highest BCUT2D eigenvalue weighted by Gasteiger charge is 2.22. The minimum atomic E-state index is 0.0108. The van der Waals surface area contributed by atoms with E-state index in [-0.39, 0.29) is 6.03 Å². The number of piperazine rings is 1. The quantitative estimate of drug-likeness (QED) is 0.927. The van der Waals surface area contributed by atoms with E-state index in [1.807, 2.05) is 43.0 Å². The molecule has 1 aromatic heterocycles. The van der Waals surface area contributed by atoms with Crippen molar-refractivity contribution in [3.05, 3.63) is 35.7 Å². The summed E-state index contributed by atoms with van der Waals surface area (Å²) in [5.41, 5.74) is 2.10. The Morgan fingerprint density at radius 1 is 1.25 bits per heavy atom. The van der Waals surface area contributed by atoms with E-state index in [0.29, 0.717) is 38.0 Å². The molecule has 1 aliphatic heterocycles. The molecule has 0 unspecified atom stereocenters. The molecule has 1 N–H and O–H groups in total. The molecule has 2 aromatic rings. The number of hydrogen-bond acceptors (Lipinski definition) is 5. The zero-order chi connectivity index (χ0) is 16.9. The van der Waals surface area contributed by atoms with Crippen LogP contribution in [-0.4, -0.2) is 58.8 Å². The Hall–Kier alpha value is -2.41. The van der Waals surface area contributed by atoms with E-state index in [2.05, 4.69) is 20.4 Å². The number of carbonyl (C=O) groups excluding carboxylic acids is 1. The lowest BCUT2D eigenvalue weighted by Crippen LogP contribution is -2.51. The lowest BCUT2D eigenvalue weighted by molar-refractivity contribution is 0.129. The summed E-state index contributed by atoms with van der Waals surface area (Å²) < 4.78 is 5.78. The van der Waals surface area contributed by atoms with Gasteiger partial charge in [-0.05, 0) is 26.0 Å². The van der Waals surface area contributed by atoms with Gasteiger partial charge in [-0.15, -0.1) is 10.2 Å². The number of amides is 2. The number of nitrogens with zero attached hydrogens (tertiary/aromatic N) is 4. The molecule has 1 aromatic carbocycles. The van der Waals surface area contributed by atoms with E-state index in [1.54, 1.807) is 0 Å². The molecule has 7 nitrogen and oxygen atoms in total. The van der Waals surface area contributed by atoms with Crippen LogP contribution in [-0.2, 0) is 6.54 Å². The number of benzene rings is 1. The highest BCUT2D eigenvalue weighted by molar-refractivity contribution is 5.74. The largest absolute Gasteiger partial charge is 0.419 e. The molecular formula is C17H23N5O2. The minimum absolute atomic E-state index is 0.0108. The number of rotatable bonds is 4. The van der Waals surface area contributed by atoms with Gasteiger partial charge in [0.2, 0.25) is 11.8 Å². The van der Waals surface area contributed by atoms with Gasteiger partial charge in [-0.2, -0.15) is 0 Å². The normalized spacial score (nSPS) is 15.5. The molecule has 7 heteroatoms. The van der Waals surface area contributed by atoms with E-state index < -0.39 is 0 Å². The van der Waals surface area contributed by atoms with E-state index in [4.69, 9.17) is 4.42 Å². The maximum atomic E-state index is 11.8. The molecule has 0 spiro atoms. The van der Waals surface area contributed by atoms with E-state index in [0.717, 1.165) is 24.2 Å². The molecule has 0 aliphatic carbocycles. The zero-order valence-electron chi connectivity index (χ0n) is 14.2. The van der Waals surface area contributed by atoms with Crippen molar-refractivity contribution in [2.45, 2.75) is 20.4 Å². The van der Waals surface area contributed by atoms with Crippen molar-refractivity contribution in [2.24, 2.45) is 0 Å². The summed E-state index contributed by atoms with van der Waals surface area (Å²) >= 11 is 0. The second-order valence-corrected chi connectivity index (χ2v) is 5.97. The Morgan fingerprint density at radius 3 is 2.75 bits per heavy atom. The topological polar surface area (TPSA) is 74.5 Å². The fourth-order valence-corrected chi connectivity index (χ4v) is 2.78. The van der Waals surface area contributed by atoms with Crippen molar-refractivity contribution < 1.29 is 9.21 Å². The first-order chi connectivity index (χ1) is 11.7. The second-order valence-electron chi connectivity index (χ2n) is 5.97. The molecule has 2 amide bonds. The monoisotopic (exact) mass is 329 g/mol. The standard InChI is InChI=1S/C17H23N5O2/c1-3-18-17(23)22-9-7-21(8-10-22)12-15-19-20-16(24-15)14-6-4-5-13(2)11-14/h4-6,11H,3,7-10,12H2,1-2H3,(H,18,23). The zero-order valence-corrected chi connectivity index (χ0v) is 14.2. The van der Waals surface area contributed by atoms with Crippen molar-refractivity contribution in [2.75, 3.05) is 32.7 Å².